The van der Waals surface area contributed by atoms with Crippen LogP contribution in [0.1, 0.15) is 56.4 Å². The third-order valence-electron chi connectivity index (χ3n) is 4.32. The van der Waals surface area contributed by atoms with Crippen molar-refractivity contribution in [2.75, 3.05) is 13.1 Å². The highest BCUT2D eigenvalue weighted by Crippen LogP contribution is 2.26. The van der Waals surface area contributed by atoms with Gasteiger partial charge in [0.2, 0.25) is 5.91 Å². The Morgan fingerprint density at radius 3 is 2.52 bits per heavy atom. The first-order valence-corrected chi connectivity index (χ1v) is 8.27. The molecule has 1 fully saturated rings. The lowest BCUT2D eigenvalue weighted by Gasteiger charge is -2.30. The number of hydrogen-bond donors (Lipinski definition) is 0. The van der Waals surface area contributed by atoms with Gasteiger partial charge in [-0.05, 0) is 44.1 Å². The van der Waals surface area contributed by atoms with E-state index >= 15 is 0 Å². The third kappa shape index (κ3) is 4.73. The molecule has 0 saturated carbocycles. The van der Waals surface area contributed by atoms with Gasteiger partial charge in [0, 0.05) is 13.1 Å². The van der Waals surface area contributed by atoms with E-state index in [1.54, 1.807) is 0 Å². The molecule has 114 valence electrons. The van der Waals surface area contributed by atoms with Gasteiger partial charge < -0.3 is 4.90 Å². The van der Waals surface area contributed by atoms with Crippen LogP contribution in [0.15, 0.2) is 43.0 Å². The Morgan fingerprint density at radius 2 is 1.86 bits per heavy atom. The number of piperidine rings is 1. The molecule has 0 N–H and O–H groups in total. The van der Waals surface area contributed by atoms with E-state index in [-0.39, 0.29) is 5.92 Å². The smallest absolute Gasteiger partial charge is 0.230 e. The highest BCUT2D eigenvalue weighted by atomic mass is 16.2. The normalized spacial score (nSPS) is 16.5. The molecule has 0 aromatic heterocycles. The molecule has 1 saturated heterocycles. The quantitative estimate of drug-likeness (QED) is 0.532. The van der Waals surface area contributed by atoms with Crippen molar-refractivity contribution in [3.63, 3.8) is 0 Å². The van der Waals surface area contributed by atoms with Crippen molar-refractivity contribution in [1.29, 1.82) is 0 Å². The fourth-order valence-corrected chi connectivity index (χ4v) is 3.09. The number of rotatable bonds is 7. The summed E-state index contributed by atoms with van der Waals surface area (Å²) in [7, 11) is 0. The van der Waals surface area contributed by atoms with Gasteiger partial charge in [-0.2, -0.15) is 0 Å². The van der Waals surface area contributed by atoms with Gasteiger partial charge in [0.1, 0.15) is 0 Å². The number of amides is 1. The maximum atomic E-state index is 12.9. The zero-order valence-corrected chi connectivity index (χ0v) is 13.0. The fraction of sp³-hybridized carbons (Fsp3) is 0.526. The van der Waals surface area contributed by atoms with Crippen LogP contribution < -0.4 is 0 Å². The first-order chi connectivity index (χ1) is 10.3. The minimum atomic E-state index is 0.0362. The zero-order chi connectivity index (χ0) is 14.9. The number of unbranched alkanes of at least 4 members (excludes halogenated alkanes) is 2. The molecule has 0 radical (unpaired) electrons. The van der Waals surface area contributed by atoms with Gasteiger partial charge in [0.15, 0.2) is 0 Å². The lowest BCUT2D eigenvalue weighted by Crippen LogP contribution is -2.38. The van der Waals surface area contributed by atoms with E-state index in [1.165, 1.54) is 12.0 Å². The monoisotopic (exact) mass is 285 g/mol. The topological polar surface area (TPSA) is 20.3 Å². The highest BCUT2D eigenvalue weighted by Gasteiger charge is 2.26. The van der Waals surface area contributed by atoms with Gasteiger partial charge in [-0.25, -0.2) is 0 Å². The van der Waals surface area contributed by atoms with E-state index in [1.807, 2.05) is 24.3 Å². The molecular weight excluding hydrogens is 258 g/mol. The Labute approximate surface area is 128 Å². The average Bonchev–Trinajstić information content (AvgIpc) is 2.56. The molecule has 1 unspecified atom stereocenters. The number of nitrogens with zero attached hydrogens (tertiary/aromatic N) is 1. The van der Waals surface area contributed by atoms with Crippen molar-refractivity contribution in [2.45, 2.75) is 50.9 Å². The molecule has 0 spiro atoms. The zero-order valence-electron chi connectivity index (χ0n) is 13.0. The molecule has 1 aromatic rings. The van der Waals surface area contributed by atoms with E-state index in [9.17, 15) is 4.79 Å². The summed E-state index contributed by atoms with van der Waals surface area (Å²) < 4.78 is 0. The van der Waals surface area contributed by atoms with Crippen LogP contribution >= 0.6 is 0 Å². The molecule has 2 heteroatoms. The van der Waals surface area contributed by atoms with Crippen LogP contribution in [0.5, 0.6) is 0 Å². The molecule has 1 heterocycles. The Morgan fingerprint density at radius 1 is 1.14 bits per heavy atom. The van der Waals surface area contributed by atoms with E-state index in [0.29, 0.717) is 5.91 Å². The number of likely N-dealkylation sites (tertiary alicyclic amines) is 1. The molecule has 2 rings (SSSR count). The summed E-state index contributed by atoms with van der Waals surface area (Å²) in [5, 5.41) is 0. The number of benzene rings is 1. The predicted octanol–water partition coefficient (Wildman–Crippen LogP) is 4.53. The molecular formula is C19H27NO. The molecule has 1 aromatic carbocycles. The second-order valence-corrected chi connectivity index (χ2v) is 5.92. The van der Waals surface area contributed by atoms with E-state index in [2.05, 4.69) is 23.6 Å². The van der Waals surface area contributed by atoms with Gasteiger partial charge in [0.25, 0.3) is 0 Å². The molecule has 2 nitrogen and oxygen atoms in total. The van der Waals surface area contributed by atoms with Crippen molar-refractivity contribution in [3.05, 3.63) is 48.6 Å². The second-order valence-electron chi connectivity index (χ2n) is 5.92. The van der Waals surface area contributed by atoms with Gasteiger partial charge in [-0.3, -0.25) is 4.79 Å². The van der Waals surface area contributed by atoms with Crippen molar-refractivity contribution < 1.29 is 4.79 Å². The predicted molar refractivity (Wildman–Crippen MR) is 88.3 cm³/mol. The van der Waals surface area contributed by atoms with Gasteiger partial charge in [-0.15, -0.1) is 6.58 Å². The Balaban J connectivity index is 2.03. The Kier molecular flexibility index (Phi) is 6.52. The number of carbonyl (C=O) groups excluding carboxylic acids is 1. The molecule has 1 amide bonds. The van der Waals surface area contributed by atoms with Crippen molar-refractivity contribution in [3.8, 4) is 0 Å². The van der Waals surface area contributed by atoms with E-state index in [4.69, 9.17) is 0 Å². The summed E-state index contributed by atoms with van der Waals surface area (Å²) >= 11 is 0. The van der Waals surface area contributed by atoms with Gasteiger partial charge in [-0.1, -0.05) is 42.8 Å². The van der Waals surface area contributed by atoms with E-state index < -0.39 is 0 Å². The van der Waals surface area contributed by atoms with E-state index in [0.717, 1.165) is 51.6 Å². The summed E-state index contributed by atoms with van der Waals surface area (Å²) in [4.78, 5) is 14.9. The van der Waals surface area contributed by atoms with Gasteiger partial charge in [0.05, 0.1) is 5.92 Å². The lowest BCUT2D eigenvalue weighted by molar-refractivity contribution is -0.133. The van der Waals surface area contributed by atoms with Crippen LogP contribution in [0.4, 0.5) is 0 Å². The largest absolute Gasteiger partial charge is 0.342 e. The minimum absolute atomic E-state index is 0.0362. The number of allylic oxidation sites excluding steroid dienone is 1. The molecule has 1 atom stereocenters. The summed E-state index contributed by atoms with van der Waals surface area (Å²) in [6.45, 7) is 5.65. The number of hydrogen-bond acceptors (Lipinski definition) is 1. The first kappa shape index (κ1) is 15.8. The highest BCUT2D eigenvalue weighted by molar-refractivity contribution is 5.83. The first-order valence-electron chi connectivity index (χ1n) is 8.27. The molecule has 0 bridgehead atoms. The second kappa shape index (κ2) is 8.66. The Hall–Kier alpha value is -1.57. The van der Waals surface area contributed by atoms with Gasteiger partial charge >= 0.3 is 0 Å². The van der Waals surface area contributed by atoms with Crippen molar-refractivity contribution >= 4 is 5.91 Å². The molecule has 1 aliphatic rings. The SMILES string of the molecule is C=CCCCCC(C(=O)N1CCCCC1)c1ccccc1. The van der Waals surface area contributed by atoms with Crippen LogP contribution in [-0.4, -0.2) is 23.9 Å². The molecule has 0 aliphatic carbocycles. The number of carbonyl (C=O) groups is 1. The van der Waals surface area contributed by atoms with Crippen LogP contribution in [0, 0.1) is 0 Å². The standard InChI is InChI=1S/C19H27NO/c1-2-3-4-9-14-18(17-12-7-5-8-13-17)19(21)20-15-10-6-11-16-20/h2,5,7-8,12-13,18H,1,3-4,6,9-11,14-16H2. The van der Waals surface area contributed by atoms with Crippen LogP contribution in [0.2, 0.25) is 0 Å². The minimum Gasteiger partial charge on any atom is -0.342 e. The average molecular weight is 285 g/mol. The summed E-state index contributed by atoms with van der Waals surface area (Å²) in [6.07, 6.45) is 9.74. The van der Waals surface area contributed by atoms with Crippen LogP contribution in [0.25, 0.3) is 0 Å². The maximum absolute atomic E-state index is 12.9. The lowest BCUT2D eigenvalue weighted by atomic mass is 9.91. The molecule has 21 heavy (non-hydrogen) atoms. The summed E-state index contributed by atoms with van der Waals surface area (Å²) in [6, 6.07) is 10.3. The van der Waals surface area contributed by atoms with Crippen molar-refractivity contribution in [1.82, 2.24) is 4.90 Å². The maximum Gasteiger partial charge on any atom is 0.230 e. The fourth-order valence-electron chi connectivity index (χ4n) is 3.09. The summed E-state index contributed by atoms with van der Waals surface area (Å²) in [5.41, 5.74) is 1.17. The molecule has 1 aliphatic heterocycles. The Bertz CT molecular complexity index is 434. The van der Waals surface area contributed by atoms with Crippen LogP contribution in [-0.2, 0) is 4.79 Å². The third-order valence-corrected chi connectivity index (χ3v) is 4.32. The van der Waals surface area contributed by atoms with Crippen LogP contribution in [0.3, 0.4) is 0 Å². The van der Waals surface area contributed by atoms with Crippen molar-refractivity contribution in [2.24, 2.45) is 0 Å². The summed E-state index contributed by atoms with van der Waals surface area (Å²) in [5.74, 6) is 0.369.